The average molecular weight is 218 g/mol. The molecular weight excluding hydrogens is 200 g/mol. The van der Waals surface area contributed by atoms with E-state index < -0.39 is 0 Å². The number of likely N-dealkylation sites (tertiary alicyclic amines) is 1. The van der Waals surface area contributed by atoms with Gasteiger partial charge in [-0.1, -0.05) is 37.3 Å². The van der Waals surface area contributed by atoms with Crippen LogP contribution in [0.1, 0.15) is 31.4 Å². The molecule has 2 rings (SSSR count). The van der Waals surface area contributed by atoms with Crippen LogP contribution >= 0.6 is 0 Å². The zero-order valence-corrected chi connectivity index (χ0v) is 9.60. The number of nitrogens with two attached hydrogens (primary N) is 1. The van der Waals surface area contributed by atoms with Crippen molar-refractivity contribution in [3.63, 3.8) is 0 Å². The Morgan fingerprint density at radius 1 is 1.38 bits per heavy atom. The lowest BCUT2D eigenvalue weighted by Gasteiger charge is -2.26. The minimum Gasteiger partial charge on any atom is -0.334 e. The Hall–Kier alpha value is -1.35. The predicted octanol–water partition coefficient (Wildman–Crippen LogP) is 1.70. The normalized spacial score (nSPS) is 25.1. The second-order valence-corrected chi connectivity index (χ2v) is 4.31. The van der Waals surface area contributed by atoms with Crippen LogP contribution in [0, 0.1) is 0 Å². The quantitative estimate of drug-likeness (QED) is 0.839. The van der Waals surface area contributed by atoms with E-state index in [1.54, 1.807) is 0 Å². The zero-order chi connectivity index (χ0) is 11.5. The van der Waals surface area contributed by atoms with Gasteiger partial charge in [0.05, 0.1) is 6.04 Å². The smallest absolute Gasteiger partial charge is 0.224 e. The molecule has 0 radical (unpaired) electrons. The van der Waals surface area contributed by atoms with Gasteiger partial charge < -0.3 is 10.6 Å². The zero-order valence-electron chi connectivity index (χ0n) is 9.60. The summed E-state index contributed by atoms with van der Waals surface area (Å²) in [7, 11) is 0. The van der Waals surface area contributed by atoms with E-state index in [0.717, 1.165) is 18.5 Å². The molecule has 0 saturated carbocycles. The highest BCUT2D eigenvalue weighted by Gasteiger charge is 2.37. The number of hydrogen-bond donors (Lipinski definition) is 1. The molecule has 0 aliphatic carbocycles. The number of benzene rings is 1. The average Bonchev–Trinajstić information content (AvgIpc) is 2.56. The van der Waals surface area contributed by atoms with Gasteiger partial charge in [0.25, 0.3) is 0 Å². The molecule has 2 unspecified atom stereocenters. The first-order chi connectivity index (χ1) is 7.74. The van der Waals surface area contributed by atoms with Crippen molar-refractivity contribution in [2.45, 2.75) is 31.8 Å². The molecule has 86 valence electrons. The van der Waals surface area contributed by atoms with E-state index in [0.29, 0.717) is 6.42 Å². The summed E-state index contributed by atoms with van der Waals surface area (Å²) in [6.45, 7) is 2.88. The van der Waals surface area contributed by atoms with Gasteiger partial charge >= 0.3 is 0 Å². The first kappa shape index (κ1) is 11.1. The molecule has 0 aromatic heterocycles. The number of carbonyl (C=O) groups is 1. The maximum absolute atomic E-state index is 11.8. The number of rotatable bonds is 3. The molecular formula is C13H18N2O. The van der Waals surface area contributed by atoms with Crippen molar-refractivity contribution in [3.8, 4) is 0 Å². The largest absolute Gasteiger partial charge is 0.334 e. The summed E-state index contributed by atoms with van der Waals surface area (Å²) < 4.78 is 0. The van der Waals surface area contributed by atoms with Crippen LogP contribution in [0.4, 0.5) is 0 Å². The Bertz CT molecular complexity index is 363. The van der Waals surface area contributed by atoms with E-state index in [1.807, 2.05) is 35.2 Å². The van der Waals surface area contributed by atoms with E-state index in [-0.39, 0.29) is 18.0 Å². The number of nitrogens with zero attached hydrogens (tertiary/aromatic N) is 1. The van der Waals surface area contributed by atoms with Crippen LogP contribution in [0.15, 0.2) is 30.3 Å². The van der Waals surface area contributed by atoms with Crippen molar-refractivity contribution >= 4 is 5.91 Å². The Morgan fingerprint density at radius 2 is 2.06 bits per heavy atom. The molecule has 1 aromatic carbocycles. The molecule has 1 saturated heterocycles. The molecule has 16 heavy (non-hydrogen) atoms. The molecule has 1 fully saturated rings. The third kappa shape index (κ3) is 1.95. The van der Waals surface area contributed by atoms with Crippen molar-refractivity contribution in [2.24, 2.45) is 5.73 Å². The highest BCUT2D eigenvalue weighted by molar-refractivity contribution is 5.80. The summed E-state index contributed by atoms with van der Waals surface area (Å²) in [5.74, 6) is 0.184. The minimum atomic E-state index is -0.0681. The van der Waals surface area contributed by atoms with Crippen LogP contribution in [0.5, 0.6) is 0 Å². The maximum Gasteiger partial charge on any atom is 0.224 e. The molecule has 2 N–H and O–H groups in total. The van der Waals surface area contributed by atoms with Gasteiger partial charge in [0.15, 0.2) is 0 Å². The van der Waals surface area contributed by atoms with Gasteiger partial charge in [0, 0.05) is 19.0 Å². The van der Waals surface area contributed by atoms with Gasteiger partial charge in [0.1, 0.15) is 0 Å². The van der Waals surface area contributed by atoms with Crippen molar-refractivity contribution < 1.29 is 4.79 Å². The van der Waals surface area contributed by atoms with Crippen molar-refractivity contribution in [3.05, 3.63) is 35.9 Å². The van der Waals surface area contributed by atoms with Crippen LogP contribution in [-0.4, -0.2) is 23.4 Å². The third-order valence-corrected chi connectivity index (χ3v) is 3.08. The van der Waals surface area contributed by atoms with E-state index in [2.05, 4.69) is 6.92 Å². The monoisotopic (exact) mass is 218 g/mol. The van der Waals surface area contributed by atoms with Gasteiger partial charge in [0.2, 0.25) is 5.91 Å². The summed E-state index contributed by atoms with van der Waals surface area (Å²) in [5.41, 5.74) is 7.21. The molecule has 0 spiro atoms. The van der Waals surface area contributed by atoms with Crippen molar-refractivity contribution in [2.75, 3.05) is 6.54 Å². The lowest BCUT2D eigenvalue weighted by atomic mass is 10.0. The lowest BCUT2D eigenvalue weighted by molar-refractivity contribution is -0.129. The second kappa shape index (κ2) is 4.66. The van der Waals surface area contributed by atoms with Crippen molar-refractivity contribution in [1.29, 1.82) is 0 Å². The molecule has 1 aliphatic heterocycles. The molecule has 1 aromatic rings. The fraction of sp³-hybridized carbons (Fsp3) is 0.462. The van der Waals surface area contributed by atoms with Crippen LogP contribution in [-0.2, 0) is 4.79 Å². The van der Waals surface area contributed by atoms with Gasteiger partial charge in [-0.15, -0.1) is 0 Å². The lowest BCUT2D eigenvalue weighted by Crippen LogP contribution is -2.33. The standard InChI is InChI=1S/C13H18N2O/c1-2-8-15-12(16)9-11(14)13(15)10-6-4-3-5-7-10/h3-7,11,13H,2,8-9,14H2,1H3. The second-order valence-electron chi connectivity index (χ2n) is 4.31. The van der Waals surface area contributed by atoms with Gasteiger partial charge in [-0.3, -0.25) is 4.79 Å². The fourth-order valence-corrected chi connectivity index (χ4v) is 2.40. The molecule has 1 heterocycles. The molecule has 0 bridgehead atoms. The fourth-order valence-electron chi connectivity index (χ4n) is 2.40. The number of carbonyl (C=O) groups excluding carboxylic acids is 1. The SMILES string of the molecule is CCCN1C(=O)CC(N)C1c1ccccc1. The summed E-state index contributed by atoms with van der Waals surface area (Å²) >= 11 is 0. The van der Waals surface area contributed by atoms with Crippen LogP contribution in [0.3, 0.4) is 0 Å². The molecule has 2 atom stereocenters. The predicted molar refractivity (Wildman–Crippen MR) is 63.8 cm³/mol. The summed E-state index contributed by atoms with van der Waals surface area (Å²) in [4.78, 5) is 13.7. The molecule has 1 amide bonds. The van der Waals surface area contributed by atoms with E-state index in [1.165, 1.54) is 0 Å². The topological polar surface area (TPSA) is 46.3 Å². The van der Waals surface area contributed by atoms with Gasteiger partial charge in [-0.2, -0.15) is 0 Å². The highest BCUT2D eigenvalue weighted by atomic mass is 16.2. The Morgan fingerprint density at radius 3 is 2.69 bits per heavy atom. The van der Waals surface area contributed by atoms with E-state index >= 15 is 0 Å². The Balaban J connectivity index is 2.27. The van der Waals surface area contributed by atoms with E-state index in [9.17, 15) is 4.79 Å². The number of amides is 1. The van der Waals surface area contributed by atoms with E-state index in [4.69, 9.17) is 5.73 Å². The van der Waals surface area contributed by atoms with Gasteiger partial charge in [-0.25, -0.2) is 0 Å². The van der Waals surface area contributed by atoms with Crippen LogP contribution in [0.2, 0.25) is 0 Å². The first-order valence-corrected chi connectivity index (χ1v) is 5.84. The molecule has 3 nitrogen and oxygen atoms in total. The van der Waals surface area contributed by atoms with Crippen LogP contribution in [0.25, 0.3) is 0 Å². The first-order valence-electron chi connectivity index (χ1n) is 5.84. The van der Waals surface area contributed by atoms with Gasteiger partial charge in [-0.05, 0) is 12.0 Å². The Labute approximate surface area is 96.2 Å². The molecule has 3 heteroatoms. The summed E-state index contributed by atoms with van der Waals surface area (Å²) in [5, 5.41) is 0. The maximum atomic E-state index is 11.8. The Kier molecular flexibility index (Phi) is 3.25. The third-order valence-electron chi connectivity index (χ3n) is 3.08. The van der Waals surface area contributed by atoms with Crippen molar-refractivity contribution in [1.82, 2.24) is 4.90 Å². The summed E-state index contributed by atoms with van der Waals surface area (Å²) in [6.07, 6.45) is 1.45. The highest BCUT2D eigenvalue weighted by Crippen LogP contribution is 2.31. The minimum absolute atomic E-state index is 0.0636. The summed E-state index contributed by atoms with van der Waals surface area (Å²) in [6, 6.07) is 10.1. The number of hydrogen-bond acceptors (Lipinski definition) is 2. The molecule has 1 aliphatic rings. The van der Waals surface area contributed by atoms with Crippen LogP contribution < -0.4 is 5.73 Å².